The highest BCUT2D eigenvalue weighted by Crippen LogP contribution is 2.26. The second-order valence-corrected chi connectivity index (χ2v) is 4.00. The molecule has 0 fully saturated rings. The SMILES string of the molecule is CNCCN(C)Cc1ccccc1OC(F)(F)F. The first-order valence-electron chi connectivity index (χ1n) is 5.59. The number of rotatable bonds is 6. The lowest BCUT2D eigenvalue weighted by atomic mass is 10.2. The minimum Gasteiger partial charge on any atom is -0.405 e. The molecule has 6 heteroatoms. The van der Waals surface area contributed by atoms with Gasteiger partial charge in [-0.2, -0.15) is 0 Å². The number of nitrogens with zero attached hydrogens (tertiary/aromatic N) is 1. The minimum absolute atomic E-state index is 0.138. The molecule has 0 spiro atoms. The van der Waals surface area contributed by atoms with Crippen LogP contribution in [0, 0.1) is 0 Å². The Kier molecular flexibility index (Phi) is 5.43. The number of nitrogens with one attached hydrogen (secondary N) is 1. The average Bonchev–Trinajstić information content (AvgIpc) is 2.27. The molecule has 18 heavy (non-hydrogen) atoms. The highest BCUT2D eigenvalue weighted by atomic mass is 19.4. The number of alkyl halides is 3. The first kappa shape index (κ1) is 14.8. The number of benzene rings is 1. The van der Waals surface area contributed by atoms with Crippen LogP contribution in [0.1, 0.15) is 5.56 Å². The van der Waals surface area contributed by atoms with Crippen LogP contribution in [0.4, 0.5) is 13.2 Å². The second kappa shape index (κ2) is 6.61. The topological polar surface area (TPSA) is 24.5 Å². The van der Waals surface area contributed by atoms with Gasteiger partial charge >= 0.3 is 6.36 Å². The summed E-state index contributed by atoms with van der Waals surface area (Å²) in [6, 6.07) is 6.19. The van der Waals surface area contributed by atoms with Crippen LogP contribution in [0.5, 0.6) is 5.75 Å². The molecule has 1 aromatic rings. The lowest BCUT2D eigenvalue weighted by Gasteiger charge is -2.19. The van der Waals surface area contributed by atoms with Crippen molar-refractivity contribution in [2.24, 2.45) is 0 Å². The Labute approximate surface area is 105 Å². The molecule has 1 rings (SSSR count). The zero-order chi connectivity index (χ0) is 13.6. The van der Waals surface area contributed by atoms with Crippen molar-refractivity contribution in [3.8, 4) is 5.75 Å². The first-order valence-corrected chi connectivity index (χ1v) is 5.59. The van der Waals surface area contributed by atoms with Crippen LogP contribution in [-0.2, 0) is 6.54 Å². The van der Waals surface area contributed by atoms with E-state index in [1.807, 2.05) is 19.0 Å². The van der Waals surface area contributed by atoms with Gasteiger partial charge in [-0.25, -0.2) is 0 Å². The van der Waals surface area contributed by atoms with Gasteiger partial charge in [-0.05, 0) is 20.2 Å². The molecule has 0 bridgehead atoms. The van der Waals surface area contributed by atoms with Gasteiger partial charge in [0.25, 0.3) is 0 Å². The number of hydrogen-bond acceptors (Lipinski definition) is 3. The van der Waals surface area contributed by atoms with Gasteiger partial charge in [0, 0.05) is 25.2 Å². The summed E-state index contributed by atoms with van der Waals surface area (Å²) in [7, 11) is 3.68. The molecule has 3 nitrogen and oxygen atoms in total. The molecule has 102 valence electrons. The fraction of sp³-hybridized carbons (Fsp3) is 0.500. The molecule has 0 radical (unpaired) electrons. The molecule has 1 N–H and O–H groups in total. The summed E-state index contributed by atoms with van der Waals surface area (Å²) >= 11 is 0. The monoisotopic (exact) mass is 262 g/mol. The van der Waals surface area contributed by atoms with Crippen LogP contribution in [0.15, 0.2) is 24.3 Å². The Balaban J connectivity index is 2.70. The van der Waals surface area contributed by atoms with E-state index < -0.39 is 6.36 Å². The third-order valence-electron chi connectivity index (χ3n) is 2.38. The lowest BCUT2D eigenvalue weighted by molar-refractivity contribution is -0.275. The maximum Gasteiger partial charge on any atom is 0.573 e. The standard InChI is InChI=1S/C12H17F3N2O/c1-16-7-8-17(2)9-10-5-3-4-6-11(10)18-12(13,14)15/h3-6,16H,7-9H2,1-2H3. The molecule has 0 aliphatic rings. The quantitative estimate of drug-likeness (QED) is 0.851. The molecule has 0 heterocycles. The third-order valence-corrected chi connectivity index (χ3v) is 2.38. The normalized spacial score (nSPS) is 11.9. The minimum atomic E-state index is -4.65. The largest absolute Gasteiger partial charge is 0.573 e. The molecule has 0 unspecified atom stereocenters. The fourth-order valence-electron chi connectivity index (χ4n) is 1.53. The van der Waals surface area contributed by atoms with Crippen molar-refractivity contribution in [1.29, 1.82) is 0 Å². The van der Waals surface area contributed by atoms with E-state index in [4.69, 9.17) is 0 Å². The smallest absolute Gasteiger partial charge is 0.405 e. The van der Waals surface area contributed by atoms with Crippen LogP contribution in [0.2, 0.25) is 0 Å². The molecular weight excluding hydrogens is 245 g/mol. The molecule has 0 amide bonds. The summed E-state index contributed by atoms with van der Waals surface area (Å²) in [5.74, 6) is -0.138. The van der Waals surface area contributed by atoms with E-state index >= 15 is 0 Å². The maximum atomic E-state index is 12.2. The zero-order valence-electron chi connectivity index (χ0n) is 10.4. The number of hydrogen-bond donors (Lipinski definition) is 1. The van der Waals surface area contributed by atoms with Gasteiger partial charge in [0.1, 0.15) is 5.75 Å². The van der Waals surface area contributed by atoms with E-state index in [9.17, 15) is 13.2 Å². The highest BCUT2D eigenvalue weighted by molar-refractivity contribution is 5.33. The second-order valence-electron chi connectivity index (χ2n) is 4.00. The summed E-state index contributed by atoms with van der Waals surface area (Å²) in [6.07, 6.45) is -4.65. The molecule has 0 aliphatic carbocycles. The lowest BCUT2D eigenvalue weighted by Crippen LogP contribution is -2.27. The molecule has 0 saturated carbocycles. The predicted molar refractivity (Wildman–Crippen MR) is 63.4 cm³/mol. The van der Waals surface area contributed by atoms with E-state index in [1.54, 1.807) is 12.1 Å². The van der Waals surface area contributed by atoms with Crippen molar-refractivity contribution in [3.63, 3.8) is 0 Å². The Morgan fingerprint density at radius 3 is 2.56 bits per heavy atom. The average molecular weight is 262 g/mol. The molecule has 1 aromatic carbocycles. The van der Waals surface area contributed by atoms with E-state index in [1.165, 1.54) is 12.1 Å². The van der Waals surface area contributed by atoms with E-state index in [-0.39, 0.29) is 5.75 Å². The van der Waals surface area contributed by atoms with Crippen molar-refractivity contribution in [2.45, 2.75) is 12.9 Å². The Hall–Kier alpha value is -1.27. The van der Waals surface area contributed by atoms with E-state index in [0.717, 1.165) is 13.1 Å². The fourth-order valence-corrected chi connectivity index (χ4v) is 1.53. The van der Waals surface area contributed by atoms with Crippen molar-refractivity contribution in [1.82, 2.24) is 10.2 Å². The summed E-state index contributed by atoms with van der Waals surface area (Å²) in [5.41, 5.74) is 0.522. The van der Waals surface area contributed by atoms with Crippen LogP contribution < -0.4 is 10.1 Å². The Morgan fingerprint density at radius 2 is 1.94 bits per heavy atom. The van der Waals surface area contributed by atoms with Gasteiger partial charge in [-0.3, -0.25) is 0 Å². The Bertz CT molecular complexity index is 369. The summed E-state index contributed by atoms with van der Waals surface area (Å²) in [5, 5.41) is 2.98. The molecular formula is C12H17F3N2O. The molecule has 0 saturated heterocycles. The van der Waals surface area contributed by atoms with Crippen molar-refractivity contribution in [2.75, 3.05) is 27.2 Å². The van der Waals surface area contributed by atoms with E-state index in [0.29, 0.717) is 12.1 Å². The van der Waals surface area contributed by atoms with Gasteiger partial charge in [-0.1, -0.05) is 18.2 Å². The zero-order valence-corrected chi connectivity index (χ0v) is 10.4. The van der Waals surface area contributed by atoms with Crippen molar-refractivity contribution < 1.29 is 17.9 Å². The van der Waals surface area contributed by atoms with Gasteiger partial charge in [0.05, 0.1) is 0 Å². The van der Waals surface area contributed by atoms with Gasteiger partial charge in [-0.15, -0.1) is 13.2 Å². The highest BCUT2D eigenvalue weighted by Gasteiger charge is 2.31. The van der Waals surface area contributed by atoms with Crippen LogP contribution >= 0.6 is 0 Å². The van der Waals surface area contributed by atoms with Gasteiger partial charge in [0.2, 0.25) is 0 Å². The van der Waals surface area contributed by atoms with Gasteiger partial charge < -0.3 is 15.0 Å². The Morgan fingerprint density at radius 1 is 1.28 bits per heavy atom. The predicted octanol–water partition coefficient (Wildman–Crippen LogP) is 2.24. The van der Waals surface area contributed by atoms with Gasteiger partial charge in [0.15, 0.2) is 0 Å². The van der Waals surface area contributed by atoms with Crippen LogP contribution in [-0.4, -0.2) is 38.4 Å². The van der Waals surface area contributed by atoms with Crippen molar-refractivity contribution in [3.05, 3.63) is 29.8 Å². The number of halogens is 3. The van der Waals surface area contributed by atoms with Crippen LogP contribution in [0.3, 0.4) is 0 Å². The third kappa shape index (κ3) is 5.37. The number of para-hydroxylation sites is 1. The van der Waals surface area contributed by atoms with Crippen molar-refractivity contribution >= 4 is 0 Å². The number of ether oxygens (including phenoxy) is 1. The number of likely N-dealkylation sites (N-methyl/N-ethyl adjacent to an activating group) is 2. The molecule has 0 atom stereocenters. The summed E-state index contributed by atoms with van der Waals surface area (Å²) in [6.45, 7) is 1.93. The molecule has 0 aromatic heterocycles. The first-order chi connectivity index (χ1) is 8.42. The van der Waals surface area contributed by atoms with E-state index in [2.05, 4.69) is 10.1 Å². The summed E-state index contributed by atoms with van der Waals surface area (Å²) in [4.78, 5) is 1.93. The molecule has 0 aliphatic heterocycles. The summed E-state index contributed by atoms with van der Waals surface area (Å²) < 4.78 is 40.6. The maximum absolute atomic E-state index is 12.2. The van der Waals surface area contributed by atoms with Crippen LogP contribution in [0.25, 0.3) is 0 Å².